The molecule has 2 N–H and O–H groups in total. The van der Waals surface area contributed by atoms with Crippen LogP contribution in [0.25, 0.3) is 0 Å². The number of nitriles is 1. The van der Waals surface area contributed by atoms with Gasteiger partial charge in [0.05, 0.1) is 12.1 Å². The van der Waals surface area contributed by atoms with Crippen molar-refractivity contribution < 1.29 is 9.59 Å². The smallest absolute Gasteiger partial charge is 0.319 e. The fourth-order valence-electron chi connectivity index (χ4n) is 5.06. The first-order valence-corrected chi connectivity index (χ1v) is 11.2. The molecule has 3 aliphatic rings. The standard InChI is InChI=1S/C23H32N6O2/c1-27(2)23(31)29-11-9-28(10-12-29)20-7-3-16(4-8-20)13-19(15-24)26-22(30)21-17-5-6-18(14-17)25-21/h3-4,7-8,17-19,21,25H,5-6,9-14H2,1-2H3,(H,26,30)/t17-,18+,19-,21-/m0/s1. The van der Waals surface area contributed by atoms with Crippen molar-refractivity contribution in [3.8, 4) is 6.07 Å². The van der Waals surface area contributed by atoms with Crippen molar-refractivity contribution in [2.45, 2.75) is 43.8 Å². The topological polar surface area (TPSA) is 91.7 Å². The highest BCUT2D eigenvalue weighted by Crippen LogP contribution is 2.35. The third-order valence-electron chi connectivity index (χ3n) is 6.79. The Morgan fingerprint density at radius 2 is 1.90 bits per heavy atom. The van der Waals surface area contributed by atoms with Crippen LogP contribution in [0.2, 0.25) is 0 Å². The minimum atomic E-state index is -0.528. The van der Waals surface area contributed by atoms with E-state index in [-0.39, 0.29) is 18.0 Å². The van der Waals surface area contributed by atoms with Gasteiger partial charge in [0.25, 0.3) is 0 Å². The molecule has 4 atom stereocenters. The molecule has 3 amide bonds. The summed E-state index contributed by atoms with van der Waals surface area (Å²) in [7, 11) is 3.55. The molecule has 1 aromatic rings. The number of hydrogen-bond donors (Lipinski definition) is 2. The summed E-state index contributed by atoms with van der Waals surface area (Å²) >= 11 is 0. The molecule has 1 aliphatic carbocycles. The molecule has 0 spiro atoms. The summed E-state index contributed by atoms with van der Waals surface area (Å²) in [5, 5.41) is 15.9. The quantitative estimate of drug-likeness (QED) is 0.741. The van der Waals surface area contributed by atoms with Gasteiger partial charge in [-0.2, -0.15) is 5.26 Å². The number of nitrogens with one attached hydrogen (secondary N) is 2. The number of amides is 3. The molecule has 2 saturated heterocycles. The number of anilines is 1. The van der Waals surface area contributed by atoms with E-state index in [1.165, 1.54) is 0 Å². The van der Waals surface area contributed by atoms with E-state index in [9.17, 15) is 14.9 Å². The second-order valence-corrected chi connectivity index (χ2v) is 9.13. The van der Waals surface area contributed by atoms with E-state index in [1.54, 1.807) is 19.0 Å². The second kappa shape index (κ2) is 9.15. The van der Waals surface area contributed by atoms with Crippen molar-refractivity contribution in [2.24, 2.45) is 5.92 Å². The molecule has 0 unspecified atom stereocenters. The van der Waals surface area contributed by atoms with Crippen molar-refractivity contribution in [3.05, 3.63) is 29.8 Å². The van der Waals surface area contributed by atoms with E-state index in [0.717, 1.165) is 43.6 Å². The van der Waals surface area contributed by atoms with Crippen molar-refractivity contribution in [1.82, 2.24) is 20.4 Å². The van der Waals surface area contributed by atoms with Gasteiger partial charge in [0.2, 0.25) is 5.91 Å². The molecule has 4 rings (SSSR count). The van der Waals surface area contributed by atoms with Gasteiger partial charge in [-0.15, -0.1) is 0 Å². The first kappa shape index (κ1) is 21.4. The molecule has 2 heterocycles. The minimum Gasteiger partial charge on any atom is -0.368 e. The normalized spacial score (nSPS) is 25.8. The molecule has 2 aliphatic heterocycles. The van der Waals surface area contributed by atoms with Gasteiger partial charge in [0.1, 0.15) is 6.04 Å². The van der Waals surface area contributed by atoms with Crippen LogP contribution in [0.15, 0.2) is 24.3 Å². The van der Waals surface area contributed by atoms with E-state index in [1.807, 2.05) is 17.0 Å². The number of rotatable bonds is 5. The molecule has 8 nitrogen and oxygen atoms in total. The Morgan fingerprint density at radius 3 is 2.45 bits per heavy atom. The zero-order chi connectivity index (χ0) is 22.0. The lowest BCUT2D eigenvalue weighted by molar-refractivity contribution is -0.124. The number of piperazine rings is 1. The molecule has 0 radical (unpaired) electrons. The first-order chi connectivity index (χ1) is 14.9. The third kappa shape index (κ3) is 4.77. The van der Waals surface area contributed by atoms with Gasteiger partial charge in [-0.25, -0.2) is 4.79 Å². The monoisotopic (exact) mass is 424 g/mol. The van der Waals surface area contributed by atoms with Crippen LogP contribution in [0.4, 0.5) is 10.5 Å². The molecular weight excluding hydrogens is 392 g/mol. The van der Waals surface area contributed by atoms with E-state index in [2.05, 4.69) is 33.7 Å². The summed E-state index contributed by atoms with van der Waals surface area (Å²) in [6, 6.07) is 10.3. The summed E-state index contributed by atoms with van der Waals surface area (Å²) in [6.45, 7) is 3.01. The van der Waals surface area contributed by atoms with Gasteiger partial charge < -0.3 is 25.3 Å². The summed E-state index contributed by atoms with van der Waals surface area (Å²) in [5.41, 5.74) is 2.14. The second-order valence-electron chi connectivity index (χ2n) is 9.13. The zero-order valence-corrected chi connectivity index (χ0v) is 18.4. The Morgan fingerprint density at radius 1 is 1.19 bits per heavy atom. The van der Waals surface area contributed by atoms with Crippen LogP contribution in [0.5, 0.6) is 0 Å². The fourth-order valence-corrected chi connectivity index (χ4v) is 5.06. The number of piperidine rings is 1. The zero-order valence-electron chi connectivity index (χ0n) is 18.4. The predicted molar refractivity (Wildman–Crippen MR) is 119 cm³/mol. The highest BCUT2D eigenvalue weighted by molar-refractivity contribution is 5.83. The Hall–Kier alpha value is -2.79. The summed E-state index contributed by atoms with van der Waals surface area (Å²) < 4.78 is 0. The Labute approximate surface area is 184 Å². The first-order valence-electron chi connectivity index (χ1n) is 11.2. The van der Waals surface area contributed by atoms with Crippen LogP contribution in [-0.2, 0) is 11.2 Å². The van der Waals surface area contributed by atoms with Crippen LogP contribution >= 0.6 is 0 Å². The molecule has 31 heavy (non-hydrogen) atoms. The van der Waals surface area contributed by atoms with Crippen molar-refractivity contribution in [1.29, 1.82) is 5.26 Å². The average Bonchev–Trinajstić information content (AvgIpc) is 3.42. The maximum Gasteiger partial charge on any atom is 0.319 e. The highest BCUT2D eigenvalue weighted by atomic mass is 16.2. The van der Waals surface area contributed by atoms with Crippen LogP contribution in [-0.4, -0.2) is 80.1 Å². The van der Waals surface area contributed by atoms with Crippen LogP contribution < -0.4 is 15.5 Å². The van der Waals surface area contributed by atoms with Gasteiger partial charge in [-0.05, 0) is 42.9 Å². The molecule has 8 heteroatoms. The largest absolute Gasteiger partial charge is 0.368 e. The van der Waals surface area contributed by atoms with Gasteiger partial charge in [0.15, 0.2) is 0 Å². The maximum absolute atomic E-state index is 12.6. The van der Waals surface area contributed by atoms with Crippen molar-refractivity contribution in [3.63, 3.8) is 0 Å². The van der Waals surface area contributed by atoms with E-state index < -0.39 is 6.04 Å². The van der Waals surface area contributed by atoms with Gasteiger partial charge >= 0.3 is 6.03 Å². The minimum absolute atomic E-state index is 0.0412. The molecule has 3 fully saturated rings. The SMILES string of the molecule is CN(C)C(=O)N1CCN(c2ccc(C[C@@H](C#N)NC(=O)[C@H]3N[C@@H]4CC[C@H]3C4)cc2)CC1. The number of hydrogen-bond acceptors (Lipinski definition) is 5. The van der Waals surface area contributed by atoms with Gasteiger partial charge in [0, 0.05) is 58.4 Å². The fraction of sp³-hybridized carbons (Fsp3) is 0.609. The van der Waals surface area contributed by atoms with E-state index in [0.29, 0.717) is 31.5 Å². The Bertz CT molecular complexity index is 841. The maximum atomic E-state index is 12.6. The Kier molecular flexibility index (Phi) is 6.33. The molecular formula is C23H32N6O2. The molecule has 2 bridgehead atoms. The number of carbonyl (C=O) groups is 2. The highest BCUT2D eigenvalue weighted by Gasteiger charge is 2.43. The summed E-state index contributed by atoms with van der Waals surface area (Å²) in [4.78, 5) is 30.5. The van der Waals surface area contributed by atoms with Gasteiger partial charge in [-0.1, -0.05) is 12.1 Å². The number of carbonyl (C=O) groups excluding carboxylic acids is 2. The lowest BCUT2D eigenvalue weighted by Crippen LogP contribution is -2.51. The number of fused-ring (bicyclic) bond motifs is 2. The lowest BCUT2D eigenvalue weighted by Gasteiger charge is -2.37. The third-order valence-corrected chi connectivity index (χ3v) is 6.79. The Balaban J connectivity index is 1.28. The van der Waals surface area contributed by atoms with Crippen LogP contribution in [0.3, 0.4) is 0 Å². The van der Waals surface area contributed by atoms with Crippen LogP contribution in [0, 0.1) is 17.2 Å². The molecule has 1 saturated carbocycles. The van der Waals surface area contributed by atoms with Crippen molar-refractivity contribution >= 4 is 17.6 Å². The number of urea groups is 1. The number of nitrogens with zero attached hydrogens (tertiary/aromatic N) is 4. The van der Waals surface area contributed by atoms with E-state index >= 15 is 0 Å². The van der Waals surface area contributed by atoms with Crippen molar-refractivity contribution in [2.75, 3.05) is 45.2 Å². The molecule has 166 valence electrons. The lowest BCUT2D eigenvalue weighted by atomic mass is 9.98. The number of benzene rings is 1. The molecule has 1 aromatic carbocycles. The van der Waals surface area contributed by atoms with Crippen LogP contribution in [0.1, 0.15) is 24.8 Å². The van der Waals surface area contributed by atoms with Gasteiger partial charge in [-0.3, -0.25) is 4.79 Å². The predicted octanol–water partition coefficient (Wildman–Crippen LogP) is 1.18. The van der Waals surface area contributed by atoms with E-state index in [4.69, 9.17) is 0 Å². The molecule has 0 aromatic heterocycles. The average molecular weight is 425 g/mol. The summed E-state index contributed by atoms with van der Waals surface area (Å²) in [6.07, 6.45) is 3.83. The summed E-state index contributed by atoms with van der Waals surface area (Å²) in [5.74, 6) is 0.373.